The van der Waals surface area contributed by atoms with E-state index in [1.54, 1.807) is 0 Å². The van der Waals surface area contributed by atoms with Gasteiger partial charge in [0, 0.05) is 17.8 Å². The number of benzene rings is 9. The summed E-state index contributed by atoms with van der Waals surface area (Å²) in [5.74, 6) is 0.831. The molecule has 0 heterocycles. The van der Waals surface area contributed by atoms with Crippen LogP contribution >= 0.6 is 0 Å². The third-order valence-electron chi connectivity index (χ3n) is 16.9. The van der Waals surface area contributed by atoms with Crippen LogP contribution in [0.5, 0.6) is 0 Å². The zero-order chi connectivity index (χ0) is 59.3. The van der Waals surface area contributed by atoms with Crippen LogP contribution in [-0.2, 0) is 0 Å². The molecular weight excluding hydrogens is 961 g/mol. The second kappa shape index (κ2) is 28.9. The molecule has 0 aliphatic rings. The lowest BCUT2D eigenvalue weighted by molar-refractivity contribution is 0.919. The highest BCUT2D eigenvalue weighted by Gasteiger charge is 2.26. The van der Waals surface area contributed by atoms with Crippen LogP contribution in [0.25, 0.3) is 0 Å². The minimum Gasteiger partial charge on any atom is -0.0683 e. The largest absolute Gasteiger partial charge is 0.0683 e. The van der Waals surface area contributed by atoms with Crippen molar-refractivity contribution in [3.63, 3.8) is 0 Å². The second-order valence-electron chi connectivity index (χ2n) is 22.6. The topological polar surface area (TPSA) is 0 Å². The first-order valence-corrected chi connectivity index (χ1v) is 29.7. The minimum atomic E-state index is 0.273. The molecule has 0 amide bonds. The van der Waals surface area contributed by atoms with Crippen molar-refractivity contribution in [2.24, 2.45) is 0 Å². The van der Waals surface area contributed by atoms with E-state index in [0.717, 1.165) is 0 Å². The molecule has 9 rings (SSSR count). The Bertz CT molecular complexity index is 3300. The summed E-state index contributed by atoms with van der Waals surface area (Å²) in [5.41, 5.74) is 38.9. The van der Waals surface area contributed by atoms with Gasteiger partial charge in [-0.3, -0.25) is 0 Å². The van der Waals surface area contributed by atoms with Gasteiger partial charge in [-0.25, -0.2) is 0 Å². The van der Waals surface area contributed by atoms with Crippen LogP contribution in [0.15, 0.2) is 158 Å². The summed E-state index contributed by atoms with van der Waals surface area (Å²) in [4.78, 5) is 0. The average Bonchev–Trinajstić information content (AvgIpc) is 3.48. The lowest BCUT2D eigenvalue weighted by Gasteiger charge is -2.27. The Morgan fingerprint density at radius 1 is 0.200 bits per heavy atom. The van der Waals surface area contributed by atoms with Gasteiger partial charge in [0.05, 0.1) is 0 Å². The van der Waals surface area contributed by atoms with E-state index in [-0.39, 0.29) is 17.8 Å². The van der Waals surface area contributed by atoms with Crippen molar-refractivity contribution >= 4 is 0 Å². The van der Waals surface area contributed by atoms with Crippen molar-refractivity contribution in [2.45, 2.75) is 177 Å². The van der Waals surface area contributed by atoms with Gasteiger partial charge < -0.3 is 0 Å². The molecule has 9 aromatic rings. The normalized spacial score (nSPS) is 11.1. The molecule has 0 aliphatic heterocycles. The molecule has 0 fully saturated rings. The molecule has 9 aromatic carbocycles. The van der Waals surface area contributed by atoms with Gasteiger partial charge in [-0.2, -0.15) is 0 Å². The van der Waals surface area contributed by atoms with Gasteiger partial charge in [-0.15, -0.1) is 0 Å². The summed E-state index contributed by atoms with van der Waals surface area (Å²) >= 11 is 0. The van der Waals surface area contributed by atoms with Crippen LogP contribution in [0.4, 0.5) is 0 Å². The van der Waals surface area contributed by atoms with Gasteiger partial charge in [0.1, 0.15) is 0 Å². The van der Waals surface area contributed by atoms with Gasteiger partial charge in [-0.1, -0.05) is 202 Å². The van der Waals surface area contributed by atoms with E-state index in [1.165, 1.54) is 156 Å². The first kappa shape index (κ1) is 63.8. The fourth-order valence-electron chi connectivity index (χ4n) is 12.5. The first-order chi connectivity index (χ1) is 38.1. The monoisotopic (exact) mass is 1060 g/mol. The van der Waals surface area contributed by atoms with Gasteiger partial charge in [0.25, 0.3) is 0 Å². The predicted octanol–water partition coefficient (Wildman–Crippen LogP) is 22.5. The van der Waals surface area contributed by atoms with Crippen LogP contribution in [0.1, 0.15) is 201 Å². The maximum absolute atomic E-state index is 2.37. The summed E-state index contributed by atoms with van der Waals surface area (Å²) < 4.78 is 0. The lowest BCUT2D eigenvalue weighted by atomic mass is 9.77. The summed E-state index contributed by atoms with van der Waals surface area (Å²) in [7, 11) is 0. The van der Waals surface area contributed by atoms with E-state index >= 15 is 0 Å². The van der Waals surface area contributed by atoms with Gasteiger partial charge in [0.15, 0.2) is 0 Å². The maximum Gasteiger partial charge on any atom is 0.0350 e. The number of hydrogen-bond donors (Lipinski definition) is 0. The molecule has 80 heavy (non-hydrogen) atoms. The Morgan fingerprint density at radius 2 is 0.512 bits per heavy atom. The van der Waals surface area contributed by atoms with Crippen molar-refractivity contribution in [3.8, 4) is 0 Å². The molecule has 0 aliphatic carbocycles. The third kappa shape index (κ3) is 14.7. The van der Waals surface area contributed by atoms with Crippen molar-refractivity contribution in [1.82, 2.24) is 0 Å². The SMILES string of the molecule is CC.CC.Cc1cc(C)c(C(c2ccccc2)c2c(C)cc(C)cc2C)c(C)c1.Cc1cc(C)c(C(c2ccccc2)c2cc(C)c(C)c(C)c2)c(C)c1.Cc1ccccc1C(c1ccc(C)c(C)c1C)c1ccc(C)c(C)c1C. The second-order valence-corrected chi connectivity index (χ2v) is 22.6. The maximum atomic E-state index is 2.37. The molecule has 0 nitrogen and oxygen atoms in total. The Morgan fingerprint density at radius 3 is 0.863 bits per heavy atom. The molecule has 1 unspecified atom stereocenters. The lowest BCUT2D eigenvalue weighted by Crippen LogP contribution is -2.11. The Kier molecular flexibility index (Phi) is 23.1. The third-order valence-corrected chi connectivity index (χ3v) is 16.9. The highest BCUT2D eigenvalue weighted by Crippen LogP contribution is 2.42. The van der Waals surface area contributed by atoms with E-state index in [4.69, 9.17) is 0 Å². The summed E-state index contributed by atoms with van der Waals surface area (Å²) in [5, 5.41) is 0. The number of aryl methyl sites for hydroxylation is 14. The van der Waals surface area contributed by atoms with Gasteiger partial charge >= 0.3 is 0 Å². The molecule has 0 spiro atoms. The Balaban J connectivity index is 0.000000214. The van der Waals surface area contributed by atoms with Crippen molar-refractivity contribution in [1.29, 1.82) is 0 Å². The summed E-state index contributed by atoms with van der Waals surface area (Å²) in [6.07, 6.45) is 0. The molecule has 0 bridgehead atoms. The van der Waals surface area contributed by atoms with Crippen molar-refractivity contribution < 1.29 is 0 Å². The molecule has 418 valence electrons. The molecular formula is C80H98. The summed E-state index contributed by atoms with van der Waals surface area (Å²) in [6, 6.07) is 58.5. The summed E-state index contributed by atoms with van der Waals surface area (Å²) in [6.45, 7) is 50.4. The highest BCUT2D eigenvalue weighted by molar-refractivity contribution is 5.58. The van der Waals surface area contributed by atoms with E-state index in [9.17, 15) is 0 Å². The van der Waals surface area contributed by atoms with E-state index in [2.05, 4.69) is 289 Å². The molecule has 0 saturated heterocycles. The minimum absolute atomic E-state index is 0.273. The Hall–Kier alpha value is -7.02. The van der Waals surface area contributed by atoms with Crippen LogP contribution in [0, 0.1) is 132 Å². The molecule has 0 aromatic heterocycles. The smallest absolute Gasteiger partial charge is 0.0350 e. The standard InChI is InChI=1S/C26H30.2C25H28.2C2H6/c1-16-12-14-24(21(6)19(16)4)26(23-11-9-8-10-18(23)3)25-15-13-17(2)20(5)22(25)7;1-16-12-19(4)24(20(5)13-16)25(22-10-8-7-9-11-22)23-14-17(2)21(6)18(3)15-23;1-16-12-18(3)23(19(4)13-16)25(22-10-8-7-9-11-22)24-20(5)14-17(2)15-21(24)6;2*1-2/h8-15,26H,1-7H3;2*7-15,25H,1-6H3;2*1-2H3. The number of hydrogen-bond acceptors (Lipinski definition) is 0. The fourth-order valence-corrected chi connectivity index (χ4v) is 12.5. The van der Waals surface area contributed by atoms with E-state index in [1.807, 2.05) is 27.7 Å². The predicted molar refractivity (Wildman–Crippen MR) is 354 cm³/mol. The molecule has 0 heteroatoms. The zero-order valence-electron chi connectivity index (χ0n) is 53.7. The first-order valence-electron chi connectivity index (χ1n) is 29.7. The number of rotatable bonds is 9. The van der Waals surface area contributed by atoms with Crippen LogP contribution in [-0.4, -0.2) is 0 Å². The van der Waals surface area contributed by atoms with Crippen LogP contribution in [0.3, 0.4) is 0 Å². The fraction of sp³-hybridized carbons (Fsp3) is 0.325. The van der Waals surface area contributed by atoms with Crippen LogP contribution < -0.4 is 0 Å². The van der Waals surface area contributed by atoms with Gasteiger partial charge in [-0.05, 0) is 271 Å². The average molecular weight is 1060 g/mol. The quantitative estimate of drug-likeness (QED) is 0.126. The van der Waals surface area contributed by atoms with Gasteiger partial charge in [0.2, 0.25) is 0 Å². The molecule has 0 N–H and O–H groups in total. The zero-order valence-corrected chi connectivity index (χ0v) is 53.7. The Labute approximate surface area is 487 Å². The van der Waals surface area contributed by atoms with Crippen molar-refractivity contribution in [2.75, 3.05) is 0 Å². The van der Waals surface area contributed by atoms with Crippen molar-refractivity contribution in [3.05, 3.63) is 314 Å². The van der Waals surface area contributed by atoms with Crippen LogP contribution in [0.2, 0.25) is 0 Å². The highest BCUT2D eigenvalue weighted by atomic mass is 14.3. The van der Waals surface area contributed by atoms with E-state index in [0.29, 0.717) is 0 Å². The molecule has 0 saturated carbocycles. The molecule has 1 atom stereocenters. The van der Waals surface area contributed by atoms with E-state index < -0.39 is 0 Å². The molecule has 0 radical (unpaired) electrons.